The lowest BCUT2D eigenvalue weighted by molar-refractivity contribution is -0.152. The van der Waals surface area contributed by atoms with Gasteiger partial charge in [0.25, 0.3) is 0 Å². The Balaban J connectivity index is 1.98. The predicted octanol–water partition coefficient (Wildman–Crippen LogP) is 3.59. The molecule has 2 aromatic carbocycles. The van der Waals surface area contributed by atoms with Gasteiger partial charge in [-0.05, 0) is 106 Å². The Labute approximate surface area is 593 Å². The lowest BCUT2D eigenvalue weighted by atomic mass is 9.97. The molecule has 100 heavy (non-hydrogen) atoms. The summed E-state index contributed by atoms with van der Waals surface area (Å²) in [5.41, 5.74) is 1.31. The second-order valence-electron chi connectivity index (χ2n) is 29.6. The highest BCUT2D eigenvalue weighted by atomic mass is 32.2. The van der Waals surface area contributed by atoms with E-state index in [2.05, 4.69) is 26.6 Å². The van der Waals surface area contributed by atoms with Crippen molar-refractivity contribution in [3.05, 3.63) is 71.8 Å². The molecule has 4 rings (SSSR count). The van der Waals surface area contributed by atoms with Gasteiger partial charge < -0.3 is 60.9 Å². The third-order valence-electron chi connectivity index (χ3n) is 18.9. The lowest BCUT2D eigenvalue weighted by Crippen LogP contribution is -2.62. The molecule has 11 atom stereocenters. The van der Waals surface area contributed by atoms with Crippen LogP contribution in [0.4, 0.5) is 0 Å². The maximum absolute atomic E-state index is 15.4. The van der Waals surface area contributed by atoms with Gasteiger partial charge in [-0.2, -0.15) is 0 Å². The van der Waals surface area contributed by atoms with Crippen LogP contribution in [0, 0.1) is 29.6 Å². The van der Waals surface area contributed by atoms with Gasteiger partial charge in [-0.1, -0.05) is 130 Å². The highest BCUT2D eigenvalue weighted by Gasteiger charge is 2.44. The summed E-state index contributed by atoms with van der Waals surface area (Å²) < 4.78 is 25.6. The summed E-state index contributed by atoms with van der Waals surface area (Å²) >= 11 is 0. The average Bonchev–Trinajstić information content (AvgIpc) is 0.820. The summed E-state index contributed by atoms with van der Waals surface area (Å²) in [4.78, 5) is 188. The van der Waals surface area contributed by atoms with Crippen molar-refractivity contribution in [3.63, 3.8) is 0 Å². The number of hydrogen-bond donors (Lipinski definition) is 5. The molecule has 0 aromatic heterocycles. The minimum atomic E-state index is -3.82. The van der Waals surface area contributed by atoms with Gasteiger partial charge in [-0.15, -0.1) is 0 Å². The molecular weight excluding hydrogens is 1300 g/mol. The molecule has 2 aromatic rings. The second kappa shape index (κ2) is 38.7. The molecule has 558 valence electrons. The number of nitrogens with zero attached hydrogens (tertiary/aromatic N) is 7. The van der Waals surface area contributed by atoms with E-state index in [4.69, 9.17) is 0 Å². The van der Waals surface area contributed by atoms with Crippen LogP contribution in [0.2, 0.25) is 0 Å². The fourth-order valence-electron chi connectivity index (χ4n) is 12.6. The summed E-state index contributed by atoms with van der Waals surface area (Å²) in [5, 5.41) is 13.9. The molecule has 26 nitrogen and oxygen atoms in total. The monoisotopic (exact) mass is 1420 g/mol. The van der Waals surface area contributed by atoms with E-state index in [0.717, 1.165) is 22.5 Å². The smallest absolute Gasteiger partial charge is 0.245 e. The molecule has 2 saturated heterocycles. The highest BCUT2D eigenvalue weighted by Crippen LogP contribution is 2.24. The van der Waals surface area contributed by atoms with Crippen molar-refractivity contribution in [2.45, 2.75) is 220 Å². The standard InChI is InChI=1S/C73H116N12O14S/c1-44(2)37-54-69(93)83(17)59(42-52-31-25-21-26-32-52)66(90)77-55(41-51-29-23-20-24-30-51)70(94)84(18)60(40-47(7)8)72(96)79(13)49(11)67(91)81(15)57(38-45(3)4)64(88)74-53(33-36-100(19,98)99)63(87)75-56(71(95)85-34-27-22-28-35-85)43-61(86)78-62(48(9)10)73(97)80(14)50(12)68(92)82(16)58(39-46(5)6)65(89)76-54/h20-21,23-26,29-32,44-50,53-60,62H,22,27-28,33-43H2,1-19H3,(H,74,88)(H,75,87)(H,76,89)(H,77,90)(H,78,86)/t49-,50-,53-,54-,55-,56-,57-,58-,59-,60-,62+/m0/s1. The predicted molar refractivity (Wildman–Crippen MR) is 383 cm³/mol. The van der Waals surface area contributed by atoms with Crippen LogP contribution in [0.3, 0.4) is 0 Å². The van der Waals surface area contributed by atoms with E-state index < -0.39 is 172 Å². The molecule has 0 saturated carbocycles. The topological polar surface area (TPSA) is 322 Å². The first-order chi connectivity index (χ1) is 46.7. The van der Waals surface area contributed by atoms with Crippen LogP contribution in [-0.2, 0) is 80.2 Å². The number of hydrogen-bond acceptors (Lipinski definition) is 14. The maximum Gasteiger partial charge on any atom is 0.245 e. The van der Waals surface area contributed by atoms with Crippen LogP contribution >= 0.6 is 0 Å². The molecule has 2 aliphatic rings. The number of carbonyl (C=O) groups excluding carboxylic acids is 12. The van der Waals surface area contributed by atoms with Gasteiger partial charge in [0.1, 0.15) is 76.3 Å². The quantitative estimate of drug-likeness (QED) is 0.151. The maximum atomic E-state index is 15.4. The van der Waals surface area contributed by atoms with Crippen molar-refractivity contribution >= 4 is 80.7 Å². The molecule has 0 aliphatic carbocycles. The van der Waals surface area contributed by atoms with Gasteiger partial charge in [-0.3, -0.25) is 57.5 Å². The van der Waals surface area contributed by atoms with E-state index in [1.54, 1.807) is 88.4 Å². The van der Waals surface area contributed by atoms with Gasteiger partial charge in [0.2, 0.25) is 70.9 Å². The molecule has 0 radical (unpaired) electrons. The first-order valence-electron chi connectivity index (χ1n) is 35.3. The van der Waals surface area contributed by atoms with Crippen molar-refractivity contribution in [1.29, 1.82) is 0 Å². The van der Waals surface area contributed by atoms with Gasteiger partial charge in [-0.25, -0.2) is 8.42 Å². The van der Waals surface area contributed by atoms with Crippen LogP contribution < -0.4 is 26.6 Å². The van der Waals surface area contributed by atoms with E-state index in [1.807, 2.05) is 41.5 Å². The zero-order valence-corrected chi connectivity index (χ0v) is 63.5. The van der Waals surface area contributed by atoms with Crippen LogP contribution in [0.25, 0.3) is 0 Å². The van der Waals surface area contributed by atoms with Crippen molar-refractivity contribution in [2.75, 3.05) is 67.4 Å². The van der Waals surface area contributed by atoms with Gasteiger partial charge in [0.05, 0.1) is 12.2 Å². The summed E-state index contributed by atoms with van der Waals surface area (Å²) in [6.07, 6.45) is 1.98. The third kappa shape index (κ3) is 24.7. The number of sulfone groups is 1. The third-order valence-corrected chi connectivity index (χ3v) is 19.9. The first-order valence-corrected chi connectivity index (χ1v) is 37.4. The van der Waals surface area contributed by atoms with E-state index in [1.165, 1.54) is 80.6 Å². The van der Waals surface area contributed by atoms with Crippen molar-refractivity contribution in [1.82, 2.24) is 60.9 Å². The normalized spacial score (nSPS) is 25.6. The fraction of sp³-hybridized carbons (Fsp3) is 0.671. The van der Waals surface area contributed by atoms with Crippen LogP contribution in [0.15, 0.2) is 60.7 Å². The summed E-state index contributed by atoms with van der Waals surface area (Å²) in [6.45, 7) is 21.6. The lowest BCUT2D eigenvalue weighted by Gasteiger charge is -2.38. The largest absolute Gasteiger partial charge is 0.344 e. The van der Waals surface area contributed by atoms with E-state index >= 15 is 19.2 Å². The fourth-order valence-corrected chi connectivity index (χ4v) is 13.3. The first kappa shape index (κ1) is 84.4. The molecule has 0 spiro atoms. The van der Waals surface area contributed by atoms with E-state index in [-0.39, 0.29) is 62.2 Å². The molecule has 12 amide bonds. The van der Waals surface area contributed by atoms with Gasteiger partial charge in [0, 0.05) is 74.5 Å². The van der Waals surface area contributed by atoms with E-state index in [9.17, 15) is 46.8 Å². The molecule has 2 aliphatic heterocycles. The molecular formula is C73H116N12O14S. The molecule has 0 bridgehead atoms. The number of likely N-dealkylation sites (tertiary alicyclic amines) is 1. The summed E-state index contributed by atoms with van der Waals surface area (Å²) in [6, 6.07) is 2.99. The Kier molecular flexibility index (Phi) is 32.7. The number of rotatable bonds is 17. The van der Waals surface area contributed by atoms with Crippen LogP contribution in [-0.4, -0.2) is 247 Å². The summed E-state index contributed by atoms with van der Waals surface area (Å²) in [7, 11) is 4.62. The molecule has 27 heteroatoms. The Hall–Kier alpha value is -7.97. The number of nitrogens with one attached hydrogen (secondary N) is 5. The second-order valence-corrected chi connectivity index (χ2v) is 31.8. The molecule has 2 fully saturated rings. The number of likely N-dealkylation sites (N-methyl/N-ethyl adjacent to an activating group) is 6. The van der Waals surface area contributed by atoms with Crippen LogP contribution in [0.1, 0.15) is 152 Å². The van der Waals surface area contributed by atoms with E-state index in [0.29, 0.717) is 37.1 Å². The molecule has 2 heterocycles. The Morgan fingerprint density at radius 2 is 0.840 bits per heavy atom. The number of amides is 12. The minimum absolute atomic E-state index is 0.00924. The van der Waals surface area contributed by atoms with Crippen molar-refractivity contribution in [3.8, 4) is 0 Å². The van der Waals surface area contributed by atoms with Gasteiger partial charge >= 0.3 is 0 Å². The van der Waals surface area contributed by atoms with Gasteiger partial charge in [0.15, 0.2) is 0 Å². The van der Waals surface area contributed by atoms with Crippen molar-refractivity contribution < 1.29 is 66.0 Å². The zero-order valence-electron chi connectivity index (χ0n) is 62.7. The molecule has 5 N–H and O–H groups in total. The number of benzene rings is 2. The molecule has 0 unspecified atom stereocenters. The Bertz CT molecular complexity index is 3250. The Morgan fingerprint density at radius 3 is 1.30 bits per heavy atom. The Morgan fingerprint density at radius 1 is 0.440 bits per heavy atom. The number of carbonyl (C=O) groups is 12. The highest BCUT2D eigenvalue weighted by molar-refractivity contribution is 7.90. The van der Waals surface area contributed by atoms with Crippen LogP contribution in [0.5, 0.6) is 0 Å². The SMILES string of the molecule is CC(C)C[C@@H]1NC(=O)[C@H](CC(C)C)N(C)C(=O)[C@H](C)N(C)C(=O)[C@@H](C(C)C)NC(=O)C[C@@H](C(=O)N2CCCCC2)NC(=O)[C@H](CCS(C)(=O)=O)NC(=O)[C@H](CC(C)C)N(C)C(=O)[C@H](C)N(C)C(=O)[C@H](CC(C)C)N(C)C(=O)[C@H](Cc2ccccc2)NC(=O)[C@H](Cc2ccccc2)N(C)C1=O. The van der Waals surface area contributed by atoms with Crippen molar-refractivity contribution in [2.24, 2.45) is 29.6 Å². The number of piperidine rings is 1. The minimum Gasteiger partial charge on any atom is -0.344 e. The average molecular weight is 1420 g/mol. The zero-order chi connectivity index (χ0) is 75.4. The summed E-state index contributed by atoms with van der Waals surface area (Å²) in [5.74, 6) is -11.0.